The van der Waals surface area contributed by atoms with Gasteiger partial charge in [0.2, 0.25) is 0 Å². The van der Waals surface area contributed by atoms with Gasteiger partial charge in [-0.05, 0) is 17.0 Å². The SMILES string of the molecule is O=C(COC(=O)c1cccs1)NCCSCc1ccccc1. The van der Waals surface area contributed by atoms with E-state index in [0.717, 1.165) is 11.5 Å². The van der Waals surface area contributed by atoms with Crippen LogP contribution in [0.3, 0.4) is 0 Å². The molecule has 0 radical (unpaired) electrons. The zero-order valence-electron chi connectivity index (χ0n) is 12.0. The van der Waals surface area contributed by atoms with E-state index in [9.17, 15) is 9.59 Å². The lowest BCUT2D eigenvalue weighted by atomic mass is 10.2. The number of hydrogen-bond acceptors (Lipinski definition) is 5. The molecule has 1 heterocycles. The Morgan fingerprint density at radius 1 is 1.14 bits per heavy atom. The number of carbonyl (C=O) groups excluding carboxylic acids is 2. The minimum absolute atomic E-state index is 0.236. The summed E-state index contributed by atoms with van der Waals surface area (Å²) in [4.78, 5) is 23.6. The van der Waals surface area contributed by atoms with Crippen molar-refractivity contribution in [1.82, 2.24) is 5.32 Å². The number of nitrogens with one attached hydrogen (secondary N) is 1. The lowest BCUT2D eigenvalue weighted by Gasteiger charge is -2.06. The molecule has 0 atom stereocenters. The molecule has 22 heavy (non-hydrogen) atoms. The summed E-state index contributed by atoms with van der Waals surface area (Å²) in [6, 6.07) is 13.6. The summed E-state index contributed by atoms with van der Waals surface area (Å²) >= 11 is 3.05. The fourth-order valence-electron chi connectivity index (χ4n) is 1.67. The third kappa shape index (κ3) is 5.91. The highest BCUT2D eigenvalue weighted by Crippen LogP contribution is 2.11. The van der Waals surface area contributed by atoms with Crippen molar-refractivity contribution in [2.75, 3.05) is 18.9 Å². The number of benzene rings is 1. The summed E-state index contributed by atoms with van der Waals surface area (Å²) in [7, 11) is 0. The Balaban J connectivity index is 1.53. The van der Waals surface area contributed by atoms with Gasteiger partial charge in [-0.15, -0.1) is 11.3 Å². The quantitative estimate of drug-likeness (QED) is 0.595. The van der Waals surface area contributed by atoms with Gasteiger partial charge in [0.1, 0.15) is 4.88 Å². The van der Waals surface area contributed by atoms with Crippen molar-refractivity contribution in [1.29, 1.82) is 0 Å². The molecule has 2 rings (SSSR count). The third-order valence-electron chi connectivity index (χ3n) is 2.74. The summed E-state index contributed by atoms with van der Waals surface area (Å²) < 4.78 is 4.93. The maximum Gasteiger partial charge on any atom is 0.348 e. The summed E-state index contributed by atoms with van der Waals surface area (Å²) in [5.74, 6) is 1.01. The van der Waals surface area contributed by atoms with E-state index < -0.39 is 5.97 Å². The van der Waals surface area contributed by atoms with E-state index in [1.54, 1.807) is 29.3 Å². The Morgan fingerprint density at radius 3 is 2.68 bits per heavy atom. The molecule has 0 spiro atoms. The molecule has 0 unspecified atom stereocenters. The van der Waals surface area contributed by atoms with E-state index in [0.29, 0.717) is 11.4 Å². The van der Waals surface area contributed by atoms with Crippen molar-refractivity contribution in [3.05, 3.63) is 58.3 Å². The zero-order valence-corrected chi connectivity index (χ0v) is 13.6. The number of amides is 1. The van der Waals surface area contributed by atoms with Crippen LogP contribution in [0.25, 0.3) is 0 Å². The third-order valence-corrected chi connectivity index (χ3v) is 4.62. The van der Waals surface area contributed by atoms with Crippen LogP contribution in [0.2, 0.25) is 0 Å². The minimum Gasteiger partial charge on any atom is -0.451 e. The van der Waals surface area contributed by atoms with Crippen molar-refractivity contribution >= 4 is 35.0 Å². The van der Waals surface area contributed by atoms with Crippen LogP contribution in [0.1, 0.15) is 15.2 Å². The molecule has 1 amide bonds. The maximum absolute atomic E-state index is 11.6. The van der Waals surface area contributed by atoms with Gasteiger partial charge in [0.05, 0.1) is 0 Å². The van der Waals surface area contributed by atoms with E-state index in [1.807, 2.05) is 18.2 Å². The number of thiophene rings is 1. The first-order valence-corrected chi connectivity index (χ1v) is 8.88. The fourth-order valence-corrected chi connectivity index (χ4v) is 3.11. The van der Waals surface area contributed by atoms with E-state index in [4.69, 9.17) is 4.74 Å². The standard InChI is InChI=1S/C16H17NO3S2/c18-15(11-20-16(19)14-7-4-9-22-14)17-8-10-21-12-13-5-2-1-3-6-13/h1-7,9H,8,10-12H2,(H,17,18). The van der Waals surface area contributed by atoms with Crippen LogP contribution >= 0.6 is 23.1 Å². The van der Waals surface area contributed by atoms with Gasteiger partial charge in [-0.25, -0.2) is 4.79 Å². The van der Waals surface area contributed by atoms with Crippen molar-refractivity contribution in [2.45, 2.75) is 5.75 Å². The molecule has 0 saturated heterocycles. The molecule has 1 N–H and O–H groups in total. The Bertz CT molecular complexity index is 585. The van der Waals surface area contributed by atoms with Crippen molar-refractivity contribution < 1.29 is 14.3 Å². The lowest BCUT2D eigenvalue weighted by molar-refractivity contribution is -0.124. The van der Waals surface area contributed by atoms with Gasteiger partial charge >= 0.3 is 5.97 Å². The monoisotopic (exact) mass is 335 g/mol. The van der Waals surface area contributed by atoms with Gasteiger partial charge in [0.25, 0.3) is 5.91 Å². The van der Waals surface area contributed by atoms with E-state index in [-0.39, 0.29) is 12.5 Å². The summed E-state index contributed by atoms with van der Waals surface area (Å²) in [5.41, 5.74) is 1.27. The second kappa shape index (κ2) is 9.27. The molecule has 1 aromatic carbocycles. The molecular weight excluding hydrogens is 318 g/mol. The first kappa shape index (κ1) is 16.6. The topological polar surface area (TPSA) is 55.4 Å². The van der Waals surface area contributed by atoms with Gasteiger partial charge in [0, 0.05) is 18.1 Å². The predicted molar refractivity (Wildman–Crippen MR) is 90.2 cm³/mol. The van der Waals surface area contributed by atoms with Crippen molar-refractivity contribution in [2.24, 2.45) is 0 Å². The van der Waals surface area contributed by atoms with Crippen LogP contribution in [-0.2, 0) is 15.3 Å². The van der Waals surface area contributed by atoms with Gasteiger partial charge in [-0.2, -0.15) is 11.8 Å². The smallest absolute Gasteiger partial charge is 0.348 e. The Kier molecular flexibility index (Phi) is 6.99. The number of carbonyl (C=O) groups is 2. The first-order valence-electron chi connectivity index (χ1n) is 6.84. The molecule has 0 fully saturated rings. The number of hydrogen-bond donors (Lipinski definition) is 1. The molecule has 0 aliphatic heterocycles. The Labute approximate surface area is 137 Å². The molecule has 6 heteroatoms. The predicted octanol–water partition coefficient (Wildman–Crippen LogP) is 2.95. The molecular formula is C16H17NO3S2. The number of rotatable bonds is 8. The van der Waals surface area contributed by atoms with Crippen LogP contribution in [0.4, 0.5) is 0 Å². The second-order valence-corrected chi connectivity index (χ2v) is 6.49. The van der Waals surface area contributed by atoms with Gasteiger partial charge in [0.15, 0.2) is 6.61 Å². The molecule has 0 saturated carbocycles. The number of esters is 1. The molecule has 0 aliphatic rings. The summed E-state index contributed by atoms with van der Waals surface area (Å²) in [5, 5.41) is 4.53. The second-order valence-electron chi connectivity index (χ2n) is 4.44. The number of ether oxygens (including phenoxy) is 1. The number of thioether (sulfide) groups is 1. The minimum atomic E-state index is -0.455. The zero-order chi connectivity index (χ0) is 15.6. The summed E-state index contributed by atoms with van der Waals surface area (Å²) in [6.07, 6.45) is 0. The molecule has 0 aliphatic carbocycles. The summed E-state index contributed by atoms with van der Waals surface area (Å²) in [6.45, 7) is 0.326. The van der Waals surface area contributed by atoms with E-state index in [1.165, 1.54) is 16.9 Å². The average molecular weight is 335 g/mol. The molecule has 1 aromatic heterocycles. The van der Waals surface area contributed by atoms with Gasteiger partial charge < -0.3 is 10.1 Å². The Hall–Kier alpha value is -1.79. The first-order chi connectivity index (χ1) is 10.8. The van der Waals surface area contributed by atoms with Crippen LogP contribution in [0.5, 0.6) is 0 Å². The van der Waals surface area contributed by atoms with Crippen LogP contribution in [0, 0.1) is 0 Å². The molecule has 0 bridgehead atoms. The molecule has 2 aromatic rings. The largest absolute Gasteiger partial charge is 0.451 e. The maximum atomic E-state index is 11.6. The fraction of sp³-hybridized carbons (Fsp3) is 0.250. The normalized spacial score (nSPS) is 10.2. The molecule has 116 valence electrons. The van der Waals surface area contributed by atoms with Gasteiger partial charge in [-0.1, -0.05) is 36.4 Å². The molecule has 4 nitrogen and oxygen atoms in total. The average Bonchev–Trinajstić information content (AvgIpc) is 3.08. The van der Waals surface area contributed by atoms with Crippen molar-refractivity contribution in [3.8, 4) is 0 Å². The van der Waals surface area contributed by atoms with Gasteiger partial charge in [-0.3, -0.25) is 4.79 Å². The highest BCUT2D eigenvalue weighted by atomic mass is 32.2. The van der Waals surface area contributed by atoms with E-state index >= 15 is 0 Å². The van der Waals surface area contributed by atoms with Crippen LogP contribution in [-0.4, -0.2) is 30.8 Å². The highest BCUT2D eigenvalue weighted by molar-refractivity contribution is 7.98. The Morgan fingerprint density at radius 2 is 1.95 bits per heavy atom. The van der Waals surface area contributed by atoms with E-state index in [2.05, 4.69) is 17.4 Å². The van der Waals surface area contributed by atoms with Crippen LogP contribution < -0.4 is 5.32 Å². The highest BCUT2D eigenvalue weighted by Gasteiger charge is 2.10. The van der Waals surface area contributed by atoms with Crippen molar-refractivity contribution in [3.63, 3.8) is 0 Å². The van der Waals surface area contributed by atoms with Crippen LogP contribution in [0.15, 0.2) is 47.8 Å². The lowest BCUT2D eigenvalue weighted by Crippen LogP contribution is -2.30.